The average Bonchev–Trinajstić information content (AvgIpc) is 2.84. The number of hydrogen-bond acceptors (Lipinski definition) is 3. The summed E-state index contributed by atoms with van der Waals surface area (Å²) in [6.07, 6.45) is 5.25. The van der Waals surface area contributed by atoms with Crippen LogP contribution in [0.3, 0.4) is 0 Å². The third kappa shape index (κ3) is 2.78. The summed E-state index contributed by atoms with van der Waals surface area (Å²) in [4.78, 5) is 0. The van der Waals surface area contributed by atoms with Gasteiger partial charge in [-0.15, -0.1) is 0 Å². The number of rotatable bonds is 3. The molecular weight excluding hydrogens is 238 g/mol. The summed E-state index contributed by atoms with van der Waals surface area (Å²) < 4.78 is 2.12. The van der Waals surface area contributed by atoms with Crippen molar-refractivity contribution in [2.45, 2.75) is 76.5 Å². The van der Waals surface area contributed by atoms with Crippen LogP contribution in [0.5, 0.6) is 0 Å². The standard InChI is InChI=1S/C15H25N3O/c1-15(2,3)18-14(16-11-5-6-11)9-13(17-18)10-4-7-12(19)8-10/h9-12,16,19H,4-8H2,1-3H3. The number of aliphatic hydroxyl groups is 1. The summed E-state index contributed by atoms with van der Waals surface area (Å²) in [5.74, 6) is 1.57. The van der Waals surface area contributed by atoms with Crippen molar-refractivity contribution in [1.82, 2.24) is 9.78 Å². The van der Waals surface area contributed by atoms with Gasteiger partial charge in [-0.05, 0) is 52.9 Å². The molecule has 1 aromatic rings. The lowest BCUT2D eigenvalue weighted by Gasteiger charge is -2.22. The molecule has 106 valence electrons. The molecule has 2 unspecified atom stereocenters. The second-order valence-corrected chi connectivity index (χ2v) is 7.12. The van der Waals surface area contributed by atoms with Crippen molar-refractivity contribution in [2.24, 2.45) is 0 Å². The first-order valence-corrected chi connectivity index (χ1v) is 7.48. The molecule has 4 nitrogen and oxygen atoms in total. The van der Waals surface area contributed by atoms with Crippen molar-refractivity contribution in [3.05, 3.63) is 11.8 Å². The smallest absolute Gasteiger partial charge is 0.125 e. The minimum Gasteiger partial charge on any atom is -0.393 e. The molecule has 0 spiro atoms. The van der Waals surface area contributed by atoms with E-state index >= 15 is 0 Å². The van der Waals surface area contributed by atoms with E-state index in [1.165, 1.54) is 12.8 Å². The van der Waals surface area contributed by atoms with Gasteiger partial charge in [0, 0.05) is 18.0 Å². The Hall–Kier alpha value is -1.03. The molecule has 0 aromatic carbocycles. The lowest BCUT2D eigenvalue weighted by atomic mass is 10.0. The zero-order valence-corrected chi connectivity index (χ0v) is 12.2. The van der Waals surface area contributed by atoms with Gasteiger partial charge in [-0.25, -0.2) is 4.68 Å². The molecule has 0 bridgehead atoms. The van der Waals surface area contributed by atoms with Crippen LogP contribution < -0.4 is 5.32 Å². The highest BCUT2D eigenvalue weighted by Gasteiger charge is 2.30. The number of aromatic nitrogens is 2. The second kappa shape index (κ2) is 4.51. The molecule has 0 radical (unpaired) electrons. The van der Waals surface area contributed by atoms with Crippen LogP contribution in [-0.4, -0.2) is 27.0 Å². The highest BCUT2D eigenvalue weighted by Crippen LogP contribution is 2.36. The van der Waals surface area contributed by atoms with Crippen LogP contribution in [0.2, 0.25) is 0 Å². The van der Waals surface area contributed by atoms with Crippen LogP contribution >= 0.6 is 0 Å². The van der Waals surface area contributed by atoms with E-state index in [1.807, 2.05) is 0 Å². The Morgan fingerprint density at radius 1 is 1.26 bits per heavy atom. The third-order valence-electron chi connectivity index (χ3n) is 4.12. The topological polar surface area (TPSA) is 50.1 Å². The molecule has 0 aliphatic heterocycles. The predicted molar refractivity (Wildman–Crippen MR) is 76.5 cm³/mol. The van der Waals surface area contributed by atoms with Gasteiger partial charge in [0.25, 0.3) is 0 Å². The fraction of sp³-hybridized carbons (Fsp3) is 0.800. The van der Waals surface area contributed by atoms with Gasteiger partial charge in [0.15, 0.2) is 0 Å². The molecule has 3 rings (SSSR count). The largest absolute Gasteiger partial charge is 0.393 e. The van der Waals surface area contributed by atoms with Crippen LogP contribution in [0.1, 0.15) is 64.5 Å². The predicted octanol–water partition coefficient (Wildman–Crippen LogP) is 2.84. The molecule has 2 saturated carbocycles. The van der Waals surface area contributed by atoms with Crippen LogP contribution in [0, 0.1) is 0 Å². The van der Waals surface area contributed by atoms with E-state index in [0.29, 0.717) is 12.0 Å². The molecule has 2 atom stereocenters. The zero-order valence-electron chi connectivity index (χ0n) is 12.2. The van der Waals surface area contributed by atoms with Gasteiger partial charge < -0.3 is 10.4 Å². The maximum Gasteiger partial charge on any atom is 0.125 e. The first-order valence-electron chi connectivity index (χ1n) is 7.48. The van der Waals surface area contributed by atoms with Crippen LogP contribution in [-0.2, 0) is 5.54 Å². The van der Waals surface area contributed by atoms with E-state index in [4.69, 9.17) is 5.10 Å². The van der Waals surface area contributed by atoms with Crippen molar-refractivity contribution in [2.75, 3.05) is 5.32 Å². The minimum absolute atomic E-state index is 0.00725. The molecule has 0 saturated heterocycles. The molecule has 2 aliphatic carbocycles. The number of nitrogens with zero attached hydrogens (tertiary/aromatic N) is 2. The Bertz CT molecular complexity index is 456. The summed E-state index contributed by atoms with van der Waals surface area (Å²) in [6.45, 7) is 6.56. The number of aliphatic hydroxyl groups excluding tert-OH is 1. The van der Waals surface area contributed by atoms with Gasteiger partial charge in [-0.3, -0.25) is 0 Å². The Labute approximate surface area is 115 Å². The van der Waals surface area contributed by atoms with E-state index in [2.05, 4.69) is 36.8 Å². The molecule has 2 N–H and O–H groups in total. The van der Waals surface area contributed by atoms with Crippen molar-refractivity contribution < 1.29 is 5.11 Å². The fourth-order valence-corrected chi connectivity index (χ4v) is 2.88. The van der Waals surface area contributed by atoms with Crippen LogP contribution in [0.25, 0.3) is 0 Å². The van der Waals surface area contributed by atoms with E-state index in [9.17, 15) is 5.11 Å². The van der Waals surface area contributed by atoms with E-state index in [0.717, 1.165) is 30.8 Å². The molecule has 2 fully saturated rings. The Balaban J connectivity index is 1.86. The lowest BCUT2D eigenvalue weighted by Crippen LogP contribution is -2.25. The summed E-state index contributed by atoms with van der Waals surface area (Å²) in [6, 6.07) is 2.84. The second-order valence-electron chi connectivity index (χ2n) is 7.12. The van der Waals surface area contributed by atoms with Crippen molar-refractivity contribution in [1.29, 1.82) is 0 Å². The fourth-order valence-electron chi connectivity index (χ4n) is 2.88. The summed E-state index contributed by atoms with van der Waals surface area (Å²) >= 11 is 0. The molecule has 19 heavy (non-hydrogen) atoms. The van der Waals surface area contributed by atoms with E-state index in [-0.39, 0.29) is 11.6 Å². The Kier molecular flexibility index (Phi) is 3.08. The maximum atomic E-state index is 9.70. The van der Waals surface area contributed by atoms with Gasteiger partial charge in [-0.1, -0.05) is 0 Å². The Morgan fingerprint density at radius 2 is 2.00 bits per heavy atom. The Morgan fingerprint density at radius 3 is 2.53 bits per heavy atom. The average molecular weight is 263 g/mol. The first-order chi connectivity index (χ1) is 8.93. The minimum atomic E-state index is -0.135. The van der Waals surface area contributed by atoms with Gasteiger partial charge in [0.2, 0.25) is 0 Å². The van der Waals surface area contributed by atoms with Gasteiger partial charge in [-0.2, -0.15) is 5.10 Å². The van der Waals surface area contributed by atoms with E-state index < -0.39 is 0 Å². The third-order valence-corrected chi connectivity index (χ3v) is 4.12. The van der Waals surface area contributed by atoms with Gasteiger partial charge >= 0.3 is 0 Å². The van der Waals surface area contributed by atoms with Crippen molar-refractivity contribution in [3.8, 4) is 0 Å². The zero-order chi connectivity index (χ0) is 13.6. The summed E-state index contributed by atoms with van der Waals surface area (Å²) in [7, 11) is 0. The monoisotopic (exact) mass is 263 g/mol. The number of hydrogen-bond donors (Lipinski definition) is 2. The molecular formula is C15H25N3O. The quantitative estimate of drug-likeness (QED) is 0.881. The van der Waals surface area contributed by atoms with Gasteiger partial charge in [0.1, 0.15) is 5.82 Å². The summed E-state index contributed by atoms with van der Waals surface area (Å²) in [5.41, 5.74) is 1.14. The lowest BCUT2D eigenvalue weighted by molar-refractivity contribution is 0.181. The molecule has 4 heteroatoms. The highest BCUT2D eigenvalue weighted by atomic mass is 16.3. The van der Waals surface area contributed by atoms with Crippen LogP contribution in [0.15, 0.2) is 6.07 Å². The molecule has 1 heterocycles. The molecule has 2 aliphatic rings. The van der Waals surface area contributed by atoms with Gasteiger partial charge in [0.05, 0.1) is 17.3 Å². The van der Waals surface area contributed by atoms with Crippen molar-refractivity contribution in [3.63, 3.8) is 0 Å². The highest BCUT2D eigenvalue weighted by molar-refractivity contribution is 5.41. The number of anilines is 1. The summed E-state index contributed by atoms with van der Waals surface area (Å²) in [5, 5.41) is 18.1. The SMILES string of the molecule is CC(C)(C)n1nc(C2CCC(O)C2)cc1NC1CC1. The normalized spacial score (nSPS) is 27.8. The first kappa shape index (κ1) is 13.0. The molecule has 1 aromatic heterocycles. The van der Waals surface area contributed by atoms with E-state index in [1.54, 1.807) is 0 Å². The maximum absolute atomic E-state index is 9.70. The number of nitrogens with one attached hydrogen (secondary N) is 1. The van der Waals surface area contributed by atoms with Crippen molar-refractivity contribution >= 4 is 5.82 Å². The molecule has 0 amide bonds. The van der Waals surface area contributed by atoms with Crippen LogP contribution in [0.4, 0.5) is 5.82 Å².